The molecule has 0 saturated carbocycles. The van der Waals surface area contributed by atoms with Crippen molar-refractivity contribution in [2.45, 2.75) is 19.1 Å². The van der Waals surface area contributed by atoms with Crippen LogP contribution in [0.15, 0.2) is 24.3 Å². The smallest absolute Gasteiger partial charge is 0.0681 e. The maximum Gasteiger partial charge on any atom is 0.0681 e. The van der Waals surface area contributed by atoms with Crippen LogP contribution in [0.25, 0.3) is 0 Å². The minimum Gasteiger partial charge on any atom is -0.396 e. The summed E-state index contributed by atoms with van der Waals surface area (Å²) in [6.07, 6.45) is 0.550. The van der Waals surface area contributed by atoms with Crippen molar-refractivity contribution >= 4 is 0 Å². The Morgan fingerprint density at radius 3 is 2.69 bits per heavy atom. The molecule has 0 heterocycles. The van der Waals surface area contributed by atoms with E-state index in [0.717, 1.165) is 11.1 Å². The van der Waals surface area contributed by atoms with E-state index in [0.29, 0.717) is 6.42 Å². The maximum absolute atomic E-state index is 8.88. The Bertz CT molecular complexity index is 263. The van der Waals surface area contributed by atoms with Gasteiger partial charge in [0.05, 0.1) is 6.61 Å². The van der Waals surface area contributed by atoms with Crippen LogP contribution in [-0.4, -0.2) is 16.8 Å². The minimum atomic E-state index is -0.142. The fourth-order valence-electron chi connectivity index (χ4n) is 1.23. The van der Waals surface area contributed by atoms with Crippen LogP contribution >= 0.6 is 0 Å². The molecule has 1 aromatic rings. The molecule has 1 aromatic carbocycles. The molecule has 0 bridgehead atoms. The third-order valence-electron chi connectivity index (χ3n) is 2.00. The molecule has 3 nitrogen and oxygen atoms in total. The number of hydrogen-bond acceptors (Lipinski definition) is 3. The van der Waals surface area contributed by atoms with E-state index in [1.54, 1.807) is 0 Å². The Kier molecular flexibility index (Phi) is 3.89. The van der Waals surface area contributed by atoms with E-state index in [1.807, 2.05) is 24.3 Å². The van der Waals surface area contributed by atoms with Crippen molar-refractivity contribution in [3.63, 3.8) is 0 Å². The molecule has 0 unspecified atom stereocenters. The van der Waals surface area contributed by atoms with Gasteiger partial charge in [0.25, 0.3) is 0 Å². The second-order valence-corrected chi connectivity index (χ2v) is 3.02. The Morgan fingerprint density at radius 2 is 2.08 bits per heavy atom. The lowest BCUT2D eigenvalue weighted by Gasteiger charge is -2.10. The summed E-state index contributed by atoms with van der Waals surface area (Å²) in [5, 5.41) is 17.6. The van der Waals surface area contributed by atoms with Gasteiger partial charge in [0.15, 0.2) is 0 Å². The van der Waals surface area contributed by atoms with Crippen LogP contribution in [0.5, 0.6) is 0 Å². The van der Waals surface area contributed by atoms with Crippen LogP contribution in [0, 0.1) is 0 Å². The molecule has 4 N–H and O–H groups in total. The van der Waals surface area contributed by atoms with Gasteiger partial charge in [-0.1, -0.05) is 24.3 Å². The summed E-state index contributed by atoms with van der Waals surface area (Å²) in [6.45, 7) is 0.115. The monoisotopic (exact) mass is 181 g/mol. The molecule has 72 valence electrons. The molecule has 0 amide bonds. The normalized spacial score (nSPS) is 12.8. The highest BCUT2D eigenvalue weighted by atomic mass is 16.3. The van der Waals surface area contributed by atoms with Gasteiger partial charge in [-0.2, -0.15) is 0 Å². The first kappa shape index (κ1) is 10.2. The van der Waals surface area contributed by atoms with Crippen molar-refractivity contribution in [1.82, 2.24) is 0 Å². The first-order valence-corrected chi connectivity index (χ1v) is 4.34. The van der Waals surface area contributed by atoms with Gasteiger partial charge in [0.2, 0.25) is 0 Å². The SMILES string of the molecule is N[C@H](CCO)c1cccc(CO)c1. The van der Waals surface area contributed by atoms with Gasteiger partial charge in [-0.25, -0.2) is 0 Å². The quantitative estimate of drug-likeness (QED) is 0.636. The van der Waals surface area contributed by atoms with E-state index in [-0.39, 0.29) is 19.3 Å². The van der Waals surface area contributed by atoms with E-state index in [2.05, 4.69) is 0 Å². The summed E-state index contributed by atoms with van der Waals surface area (Å²) >= 11 is 0. The van der Waals surface area contributed by atoms with Gasteiger partial charge in [-0.15, -0.1) is 0 Å². The number of rotatable bonds is 4. The van der Waals surface area contributed by atoms with Crippen molar-refractivity contribution in [3.8, 4) is 0 Å². The zero-order chi connectivity index (χ0) is 9.68. The fraction of sp³-hybridized carbons (Fsp3) is 0.400. The van der Waals surface area contributed by atoms with Crippen LogP contribution in [0.3, 0.4) is 0 Å². The second kappa shape index (κ2) is 4.97. The van der Waals surface area contributed by atoms with Crippen molar-refractivity contribution in [2.24, 2.45) is 5.73 Å². The number of hydrogen-bond donors (Lipinski definition) is 3. The molecule has 1 rings (SSSR count). The predicted molar refractivity (Wildman–Crippen MR) is 51.0 cm³/mol. The summed E-state index contributed by atoms with van der Waals surface area (Å²) in [5.41, 5.74) is 7.60. The molecule has 0 aromatic heterocycles. The third kappa shape index (κ3) is 2.81. The van der Waals surface area contributed by atoms with Crippen LogP contribution in [0.2, 0.25) is 0 Å². The van der Waals surface area contributed by atoms with E-state index in [9.17, 15) is 0 Å². The van der Waals surface area contributed by atoms with Crippen molar-refractivity contribution in [2.75, 3.05) is 6.61 Å². The average molecular weight is 181 g/mol. The summed E-state index contributed by atoms with van der Waals surface area (Å²) in [4.78, 5) is 0. The molecule has 0 aliphatic carbocycles. The molecular formula is C10H15NO2. The van der Waals surface area contributed by atoms with E-state index < -0.39 is 0 Å². The predicted octanol–water partition coefficient (Wildman–Crippen LogP) is 0.561. The van der Waals surface area contributed by atoms with E-state index in [1.165, 1.54) is 0 Å². The molecule has 0 radical (unpaired) electrons. The molecule has 0 aliphatic rings. The zero-order valence-electron chi connectivity index (χ0n) is 7.48. The Balaban J connectivity index is 2.75. The van der Waals surface area contributed by atoms with Gasteiger partial charge >= 0.3 is 0 Å². The highest BCUT2D eigenvalue weighted by Gasteiger charge is 2.04. The van der Waals surface area contributed by atoms with Crippen LogP contribution in [0.1, 0.15) is 23.6 Å². The summed E-state index contributed by atoms with van der Waals surface area (Å²) < 4.78 is 0. The highest BCUT2D eigenvalue weighted by Crippen LogP contribution is 2.14. The van der Waals surface area contributed by atoms with Crippen LogP contribution < -0.4 is 5.73 Å². The Morgan fingerprint density at radius 1 is 1.31 bits per heavy atom. The highest BCUT2D eigenvalue weighted by molar-refractivity contribution is 5.25. The van der Waals surface area contributed by atoms with Gasteiger partial charge in [-0.3, -0.25) is 0 Å². The van der Waals surface area contributed by atoms with Crippen molar-refractivity contribution in [1.29, 1.82) is 0 Å². The lowest BCUT2D eigenvalue weighted by atomic mass is 10.0. The molecule has 1 atom stereocenters. The van der Waals surface area contributed by atoms with Crippen LogP contribution in [-0.2, 0) is 6.61 Å². The molecule has 0 spiro atoms. The van der Waals surface area contributed by atoms with Gasteiger partial charge < -0.3 is 15.9 Å². The molecule has 3 heteroatoms. The van der Waals surface area contributed by atoms with Gasteiger partial charge in [0, 0.05) is 12.6 Å². The second-order valence-electron chi connectivity index (χ2n) is 3.02. The lowest BCUT2D eigenvalue weighted by Crippen LogP contribution is -2.12. The van der Waals surface area contributed by atoms with Crippen LogP contribution in [0.4, 0.5) is 0 Å². The standard InChI is InChI=1S/C10H15NO2/c11-10(4-5-12)9-3-1-2-8(6-9)7-13/h1-3,6,10,12-13H,4-5,7,11H2/t10-/m1/s1. The number of nitrogens with two attached hydrogens (primary N) is 1. The Hall–Kier alpha value is -0.900. The molecule has 13 heavy (non-hydrogen) atoms. The Labute approximate surface area is 77.8 Å². The molecule has 0 saturated heterocycles. The summed E-state index contributed by atoms with van der Waals surface area (Å²) in [7, 11) is 0. The van der Waals surface area contributed by atoms with Crippen molar-refractivity contribution < 1.29 is 10.2 Å². The number of aliphatic hydroxyl groups is 2. The number of aliphatic hydroxyl groups excluding tert-OH is 2. The largest absolute Gasteiger partial charge is 0.396 e. The van der Waals surface area contributed by atoms with Gasteiger partial charge in [0.1, 0.15) is 0 Å². The average Bonchev–Trinajstić information content (AvgIpc) is 2.18. The van der Waals surface area contributed by atoms with E-state index >= 15 is 0 Å². The first-order valence-electron chi connectivity index (χ1n) is 4.34. The summed E-state index contributed by atoms with van der Waals surface area (Å²) in [6, 6.07) is 7.32. The summed E-state index contributed by atoms with van der Waals surface area (Å²) in [5.74, 6) is 0. The van der Waals surface area contributed by atoms with E-state index in [4.69, 9.17) is 15.9 Å². The lowest BCUT2D eigenvalue weighted by molar-refractivity contribution is 0.275. The maximum atomic E-state index is 8.88. The third-order valence-corrected chi connectivity index (χ3v) is 2.00. The molecular weight excluding hydrogens is 166 g/mol. The molecule has 0 aliphatic heterocycles. The molecule has 0 fully saturated rings. The number of benzene rings is 1. The first-order chi connectivity index (χ1) is 6.27. The minimum absolute atomic E-state index is 0.0275. The van der Waals surface area contributed by atoms with Crippen molar-refractivity contribution in [3.05, 3.63) is 35.4 Å². The zero-order valence-corrected chi connectivity index (χ0v) is 7.48. The van der Waals surface area contributed by atoms with Gasteiger partial charge in [-0.05, 0) is 17.5 Å². The topological polar surface area (TPSA) is 66.5 Å². The fourth-order valence-corrected chi connectivity index (χ4v) is 1.23.